The van der Waals surface area contributed by atoms with Gasteiger partial charge in [0.2, 0.25) is 5.91 Å². The van der Waals surface area contributed by atoms with E-state index in [0.717, 1.165) is 18.5 Å². The van der Waals surface area contributed by atoms with Gasteiger partial charge in [-0.05, 0) is 47.0 Å². The zero-order valence-electron chi connectivity index (χ0n) is 16.7. The van der Waals surface area contributed by atoms with Crippen LogP contribution in [0.3, 0.4) is 0 Å². The molecule has 0 aliphatic carbocycles. The molecule has 0 radical (unpaired) electrons. The number of hydrogen-bond acceptors (Lipinski definition) is 3. The van der Waals surface area contributed by atoms with Crippen LogP contribution in [-0.2, 0) is 22.5 Å². The molecule has 3 aromatic rings. The number of carbonyl (C=O) groups excluding carboxylic acids is 1. The normalized spacial score (nSPS) is 16.5. The average molecular weight is 429 g/mol. The molecule has 1 unspecified atom stereocenters. The van der Waals surface area contributed by atoms with Gasteiger partial charge in [-0.15, -0.1) is 12.4 Å². The second kappa shape index (κ2) is 10.5. The van der Waals surface area contributed by atoms with Crippen LogP contribution in [0.5, 0.6) is 0 Å². The van der Waals surface area contributed by atoms with Gasteiger partial charge in [0.15, 0.2) is 0 Å². The van der Waals surface area contributed by atoms with Gasteiger partial charge in [-0.3, -0.25) is 4.79 Å². The van der Waals surface area contributed by atoms with Gasteiger partial charge in [0, 0.05) is 19.6 Å². The SMILES string of the molecule is Cl.O=C1COC(CNCCc2cccc3ccccc23)CN1Cc1ccc(F)cc1. The topological polar surface area (TPSA) is 41.6 Å². The summed E-state index contributed by atoms with van der Waals surface area (Å²) in [5.41, 5.74) is 2.25. The van der Waals surface area contributed by atoms with E-state index >= 15 is 0 Å². The molecule has 30 heavy (non-hydrogen) atoms. The highest BCUT2D eigenvalue weighted by atomic mass is 35.5. The molecule has 0 spiro atoms. The second-order valence-electron chi connectivity index (χ2n) is 7.43. The molecule has 1 saturated heterocycles. The molecule has 4 nitrogen and oxygen atoms in total. The van der Waals surface area contributed by atoms with Gasteiger partial charge in [-0.1, -0.05) is 54.6 Å². The van der Waals surface area contributed by atoms with Crippen molar-refractivity contribution in [2.45, 2.75) is 19.1 Å². The van der Waals surface area contributed by atoms with E-state index in [0.29, 0.717) is 19.6 Å². The van der Waals surface area contributed by atoms with Crippen molar-refractivity contribution in [2.24, 2.45) is 0 Å². The Morgan fingerprint density at radius 1 is 1.03 bits per heavy atom. The number of halogens is 2. The first kappa shape index (κ1) is 22.2. The molecule has 4 rings (SSSR count). The molecule has 0 aromatic heterocycles. The van der Waals surface area contributed by atoms with Gasteiger partial charge in [0.1, 0.15) is 12.4 Å². The summed E-state index contributed by atoms with van der Waals surface area (Å²) in [4.78, 5) is 13.9. The molecule has 0 saturated carbocycles. The number of carbonyl (C=O) groups is 1. The third-order valence-corrected chi connectivity index (χ3v) is 5.33. The van der Waals surface area contributed by atoms with E-state index in [-0.39, 0.29) is 36.8 Å². The first-order valence-corrected chi connectivity index (χ1v) is 10.0. The summed E-state index contributed by atoms with van der Waals surface area (Å²) in [6.45, 7) is 2.65. The Bertz CT molecular complexity index is 975. The van der Waals surface area contributed by atoms with Crippen LogP contribution in [0.15, 0.2) is 66.7 Å². The van der Waals surface area contributed by atoms with E-state index in [1.807, 2.05) is 0 Å². The van der Waals surface area contributed by atoms with Crippen molar-refractivity contribution in [1.29, 1.82) is 0 Å². The molecule has 1 atom stereocenters. The number of benzene rings is 3. The summed E-state index contributed by atoms with van der Waals surface area (Å²) in [7, 11) is 0. The molecule has 1 N–H and O–H groups in total. The Hall–Kier alpha value is -2.47. The quantitative estimate of drug-likeness (QED) is 0.579. The van der Waals surface area contributed by atoms with E-state index in [2.05, 4.69) is 47.8 Å². The lowest BCUT2D eigenvalue weighted by molar-refractivity contribution is -0.149. The summed E-state index contributed by atoms with van der Waals surface area (Å²) < 4.78 is 18.8. The molecule has 1 amide bonds. The molecule has 3 aromatic carbocycles. The van der Waals surface area contributed by atoms with Crippen molar-refractivity contribution in [1.82, 2.24) is 10.2 Å². The fraction of sp³-hybridized carbons (Fsp3) is 0.292. The fourth-order valence-corrected chi connectivity index (χ4v) is 3.76. The molecule has 0 bridgehead atoms. The molecule has 6 heteroatoms. The highest BCUT2D eigenvalue weighted by molar-refractivity contribution is 5.86. The lowest BCUT2D eigenvalue weighted by Gasteiger charge is -2.33. The molecule has 1 aliphatic heterocycles. The summed E-state index contributed by atoms with van der Waals surface area (Å²) in [5, 5.41) is 6.02. The van der Waals surface area contributed by atoms with E-state index in [9.17, 15) is 9.18 Å². The Morgan fingerprint density at radius 3 is 2.63 bits per heavy atom. The number of rotatable bonds is 7. The van der Waals surface area contributed by atoms with Crippen LogP contribution in [0.4, 0.5) is 4.39 Å². The number of hydrogen-bond donors (Lipinski definition) is 1. The summed E-state index contributed by atoms with van der Waals surface area (Å²) in [5.74, 6) is -0.295. The third-order valence-electron chi connectivity index (χ3n) is 5.33. The number of ether oxygens (including phenoxy) is 1. The third kappa shape index (κ3) is 5.57. The predicted octanol–water partition coefficient (Wildman–Crippen LogP) is 3.96. The van der Waals surface area contributed by atoms with Gasteiger partial charge in [0.05, 0.1) is 6.10 Å². The summed E-state index contributed by atoms with van der Waals surface area (Å²) >= 11 is 0. The maximum Gasteiger partial charge on any atom is 0.248 e. The van der Waals surface area contributed by atoms with Crippen LogP contribution >= 0.6 is 12.4 Å². The molecular weight excluding hydrogens is 403 g/mol. The Balaban J connectivity index is 0.00000256. The number of nitrogens with zero attached hydrogens (tertiary/aromatic N) is 1. The van der Waals surface area contributed by atoms with Gasteiger partial charge in [0.25, 0.3) is 0 Å². The van der Waals surface area contributed by atoms with Gasteiger partial charge >= 0.3 is 0 Å². The van der Waals surface area contributed by atoms with Crippen LogP contribution in [-0.4, -0.2) is 43.2 Å². The minimum atomic E-state index is -0.268. The largest absolute Gasteiger partial charge is 0.365 e. The number of morpholine rings is 1. The first-order chi connectivity index (χ1) is 14.2. The molecular formula is C24H26ClFN2O2. The molecule has 158 valence electrons. The smallest absolute Gasteiger partial charge is 0.248 e. The average Bonchev–Trinajstić information content (AvgIpc) is 2.75. The fourth-order valence-electron chi connectivity index (χ4n) is 3.76. The Labute approximate surface area is 182 Å². The first-order valence-electron chi connectivity index (χ1n) is 10.0. The molecule has 1 fully saturated rings. The van der Waals surface area contributed by atoms with Crippen LogP contribution in [0.2, 0.25) is 0 Å². The number of fused-ring (bicyclic) bond motifs is 1. The standard InChI is InChI=1S/C24H25FN2O2.ClH/c25-21-10-8-18(9-11-21)15-27-16-22(29-17-24(27)28)14-26-13-12-20-6-3-5-19-4-1-2-7-23(19)20;/h1-11,22,26H,12-17H2;1H. The van der Waals surface area contributed by atoms with Gasteiger partial charge in [-0.2, -0.15) is 0 Å². The lowest BCUT2D eigenvalue weighted by Crippen LogP contribution is -2.49. The summed E-state index contributed by atoms with van der Waals surface area (Å²) in [6, 6.07) is 21.1. The maximum atomic E-state index is 13.1. The maximum absolute atomic E-state index is 13.1. The zero-order valence-corrected chi connectivity index (χ0v) is 17.5. The number of amides is 1. The van der Waals surface area contributed by atoms with Crippen molar-refractivity contribution < 1.29 is 13.9 Å². The van der Waals surface area contributed by atoms with Gasteiger partial charge in [-0.25, -0.2) is 4.39 Å². The Morgan fingerprint density at radius 2 is 1.80 bits per heavy atom. The number of nitrogens with one attached hydrogen (secondary N) is 1. The van der Waals surface area contributed by atoms with E-state index in [4.69, 9.17) is 4.74 Å². The van der Waals surface area contributed by atoms with E-state index in [1.54, 1.807) is 17.0 Å². The van der Waals surface area contributed by atoms with Crippen molar-refractivity contribution in [3.63, 3.8) is 0 Å². The van der Waals surface area contributed by atoms with Crippen molar-refractivity contribution in [2.75, 3.05) is 26.2 Å². The minimum absolute atomic E-state index is 0. The minimum Gasteiger partial charge on any atom is -0.365 e. The van der Waals surface area contributed by atoms with E-state index in [1.165, 1.54) is 28.5 Å². The highest BCUT2D eigenvalue weighted by Gasteiger charge is 2.26. The van der Waals surface area contributed by atoms with Crippen LogP contribution in [0.1, 0.15) is 11.1 Å². The van der Waals surface area contributed by atoms with Crippen LogP contribution < -0.4 is 5.32 Å². The zero-order chi connectivity index (χ0) is 20.1. The van der Waals surface area contributed by atoms with Crippen LogP contribution in [0, 0.1) is 5.82 Å². The highest BCUT2D eigenvalue weighted by Crippen LogP contribution is 2.18. The van der Waals surface area contributed by atoms with E-state index < -0.39 is 0 Å². The van der Waals surface area contributed by atoms with Crippen molar-refractivity contribution in [3.8, 4) is 0 Å². The second-order valence-corrected chi connectivity index (χ2v) is 7.43. The predicted molar refractivity (Wildman–Crippen MR) is 119 cm³/mol. The Kier molecular flexibility index (Phi) is 7.80. The van der Waals surface area contributed by atoms with Crippen LogP contribution in [0.25, 0.3) is 10.8 Å². The van der Waals surface area contributed by atoms with Gasteiger partial charge < -0.3 is 15.0 Å². The molecule has 1 heterocycles. The molecule has 1 aliphatic rings. The van der Waals surface area contributed by atoms with Crippen molar-refractivity contribution in [3.05, 3.63) is 83.7 Å². The monoisotopic (exact) mass is 428 g/mol. The van der Waals surface area contributed by atoms with Crippen molar-refractivity contribution >= 4 is 29.1 Å². The summed E-state index contributed by atoms with van der Waals surface area (Å²) in [6.07, 6.45) is 0.896. The lowest BCUT2D eigenvalue weighted by atomic mass is 10.0.